The summed E-state index contributed by atoms with van der Waals surface area (Å²) in [6.07, 6.45) is 1.64. The van der Waals surface area contributed by atoms with Gasteiger partial charge in [0.1, 0.15) is 0 Å². The van der Waals surface area contributed by atoms with Crippen LogP contribution < -0.4 is 10.0 Å². The molecule has 0 aliphatic rings. The van der Waals surface area contributed by atoms with Gasteiger partial charge in [0, 0.05) is 30.0 Å². The highest BCUT2D eigenvalue weighted by Crippen LogP contribution is 2.19. The molecule has 6 nitrogen and oxygen atoms in total. The second-order valence-electron chi connectivity index (χ2n) is 4.30. The number of aromatic nitrogens is 2. The number of hydrogen-bond donors (Lipinski definition) is 2. The normalized spacial score (nSPS) is 11.9. The Morgan fingerprint density at radius 1 is 1.40 bits per heavy atom. The molecule has 2 aromatic rings. The summed E-state index contributed by atoms with van der Waals surface area (Å²) in [5.74, 6) is 0. The summed E-state index contributed by atoms with van der Waals surface area (Å²) >= 11 is 1.44. The SMILES string of the molecule is CCNCc1cc(S(=O)(=O)NCc2ccnn2C)cs1. The van der Waals surface area contributed by atoms with Gasteiger partial charge in [-0.25, -0.2) is 13.1 Å². The van der Waals surface area contributed by atoms with Crippen LogP contribution in [0.5, 0.6) is 0 Å². The number of thiophene rings is 1. The molecule has 0 spiro atoms. The third-order valence-corrected chi connectivity index (χ3v) is 5.32. The minimum Gasteiger partial charge on any atom is -0.312 e. The summed E-state index contributed by atoms with van der Waals surface area (Å²) in [5, 5.41) is 8.84. The number of sulfonamides is 1. The van der Waals surface area contributed by atoms with E-state index < -0.39 is 10.0 Å². The lowest BCUT2D eigenvalue weighted by molar-refractivity contribution is 0.577. The molecule has 0 aliphatic carbocycles. The highest BCUT2D eigenvalue weighted by atomic mass is 32.2. The van der Waals surface area contributed by atoms with Crippen LogP contribution in [0.2, 0.25) is 0 Å². The highest BCUT2D eigenvalue weighted by Gasteiger charge is 2.16. The summed E-state index contributed by atoms with van der Waals surface area (Å²) in [5.41, 5.74) is 0.816. The standard InChI is InChI=1S/C12H18N4O2S2/c1-3-13-8-11-6-12(9-19-11)20(17,18)15-7-10-4-5-14-16(10)2/h4-6,9,13,15H,3,7-8H2,1-2H3. The van der Waals surface area contributed by atoms with Crippen LogP contribution in [-0.2, 0) is 30.2 Å². The molecule has 2 N–H and O–H groups in total. The topological polar surface area (TPSA) is 76.0 Å². The summed E-state index contributed by atoms with van der Waals surface area (Å²) in [7, 11) is -1.69. The van der Waals surface area contributed by atoms with E-state index >= 15 is 0 Å². The fraction of sp³-hybridized carbons (Fsp3) is 0.417. The second kappa shape index (κ2) is 6.49. The van der Waals surface area contributed by atoms with E-state index in [1.807, 2.05) is 6.92 Å². The van der Waals surface area contributed by atoms with Crippen LogP contribution in [0.1, 0.15) is 17.5 Å². The van der Waals surface area contributed by atoms with E-state index in [0.29, 0.717) is 11.4 Å². The van der Waals surface area contributed by atoms with E-state index in [-0.39, 0.29) is 6.54 Å². The number of aryl methyl sites for hydroxylation is 1. The molecule has 0 aromatic carbocycles. The first-order chi connectivity index (χ1) is 9.53. The molecule has 0 aliphatic heterocycles. The molecule has 0 unspecified atom stereocenters. The van der Waals surface area contributed by atoms with Gasteiger partial charge < -0.3 is 5.32 Å². The van der Waals surface area contributed by atoms with E-state index in [1.165, 1.54) is 11.3 Å². The second-order valence-corrected chi connectivity index (χ2v) is 7.06. The predicted molar refractivity (Wildman–Crippen MR) is 78.9 cm³/mol. The Hall–Kier alpha value is -1.22. The molecule has 0 amide bonds. The molecule has 0 atom stereocenters. The van der Waals surface area contributed by atoms with Crippen molar-refractivity contribution >= 4 is 21.4 Å². The van der Waals surface area contributed by atoms with Crippen molar-refractivity contribution in [1.29, 1.82) is 0 Å². The Morgan fingerprint density at radius 3 is 2.85 bits per heavy atom. The Kier molecular flexibility index (Phi) is 4.92. The molecule has 0 radical (unpaired) electrons. The molecule has 0 saturated heterocycles. The number of hydrogen-bond acceptors (Lipinski definition) is 5. The average Bonchev–Trinajstić information content (AvgIpc) is 3.03. The maximum atomic E-state index is 12.2. The van der Waals surface area contributed by atoms with Crippen molar-refractivity contribution in [3.05, 3.63) is 34.3 Å². The van der Waals surface area contributed by atoms with Crippen molar-refractivity contribution in [3.63, 3.8) is 0 Å². The van der Waals surface area contributed by atoms with Crippen LogP contribution >= 0.6 is 11.3 Å². The molecule has 8 heteroatoms. The summed E-state index contributed by atoms with van der Waals surface area (Å²) < 4.78 is 28.6. The van der Waals surface area contributed by atoms with Gasteiger partial charge in [0.2, 0.25) is 10.0 Å². The van der Waals surface area contributed by atoms with E-state index in [2.05, 4.69) is 15.1 Å². The first-order valence-electron chi connectivity index (χ1n) is 6.27. The third kappa shape index (κ3) is 3.66. The molecule has 110 valence electrons. The lowest BCUT2D eigenvalue weighted by Crippen LogP contribution is -2.24. The maximum absolute atomic E-state index is 12.2. The van der Waals surface area contributed by atoms with Gasteiger partial charge in [-0.1, -0.05) is 6.92 Å². The van der Waals surface area contributed by atoms with Crippen LogP contribution in [0.25, 0.3) is 0 Å². The minimum atomic E-state index is -3.47. The summed E-state index contributed by atoms with van der Waals surface area (Å²) in [6.45, 7) is 3.80. The van der Waals surface area contributed by atoms with Gasteiger partial charge in [0.25, 0.3) is 0 Å². The third-order valence-electron chi connectivity index (χ3n) is 2.85. The number of nitrogens with zero attached hydrogens (tertiary/aromatic N) is 2. The maximum Gasteiger partial charge on any atom is 0.241 e. The summed E-state index contributed by atoms with van der Waals surface area (Å²) in [4.78, 5) is 1.32. The largest absolute Gasteiger partial charge is 0.312 e. The Morgan fingerprint density at radius 2 is 2.20 bits per heavy atom. The van der Waals surface area contributed by atoms with Crippen molar-refractivity contribution in [2.75, 3.05) is 6.54 Å². The molecule has 0 fully saturated rings. The zero-order valence-corrected chi connectivity index (χ0v) is 13.1. The number of nitrogens with one attached hydrogen (secondary N) is 2. The average molecular weight is 314 g/mol. The summed E-state index contributed by atoms with van der Waals surface area (Å²) in [6, 6.07) is 3.49. The van der Waals surface area contributed by atoms with Crippen molar-refractivity contribution in [2.24, 2.45) is 7.05 Å². The smallest absolute Gasteiger partial charge is 0.241 e. The molecule has 2 heterocycles. The van der Waals surface area contributed by atoms with Gasteiger partial charge in [0.15, 0.2) is 0 Å². The quantitative estimate of drug-likeness (QED) is 0.801. The van der Waals surface area contributed by atoms with Crippen LogP contribution in [0, 0.1) is 0 Å². The van der Waals surface area contributed by atoms with Gasteiger partial charge in [-0.05, 0) is 18.7 Å². The van der Waals surface area contributed by atoms with Crippen LogP contribution in [0.15, 0.2) is 28.6 Å². The lowest BCUT2D eigenvalue weighted by Gasteiger charge is -2.05. The highest BCUT2D eigenvalue weighted by molar-refractivity contribution is 7.89. The van der Waals surface area contributed by atoms with Crippen LogP contribution in [-0.4, -0.2) is 24.7 Å². The van der Waals surface area contributed by atoms with Crippen molar-refractivity contribution in [3.8, 4) is 0 Å². The van der Waals surface area contributed by atoms with Gasteiger partial charge in [0.05, 0.1) is 17.1 Å². The van der Waals surface area contributed by atoms with Crippen molar-refractivity contribution < 1.29 is 8.42 Å². The molecule has 2 rings (SSSR count). The van der Waals surface area contributed by atoms with Crippen molar-refractivity contribution in [1.82, 2.24) is 19.8 Å². The van der Waals surface area contributed by atoms with Gasteiger partial charge in [-0.3, -0.25) is 4.68 Å². The van der Waals surface area contributed by atoms with Gasteiger partial charge >= 0.3 is 0 Å². The van der Waals surface area contributed by atoms with E-state index in [1.54, 1.807) is 35.4 Å². The van der Waals surface area contributed by atoms with Gasteiger partial charge in [-0.2, -0.15) is 5.10 Å². The number of rotatable bonds is 7. The first kappa shape index (κ1) is 15.2. The van der Waals surface area contributed by atoms with E-state index in [4.69, 9.17) is 0 Å². The zero-order chi connectivity index (χ0) is 14.6. The molecular weight excluding hydrogens is 296 g/mol. The minimum absolute atomic E-state index is 0.233. The first-order valence-corrected chi connectivity index (χ1v) is 8.64. The van der Waals surface area contributed by atoms with E-state index in [0.717, 1.165) is 17.1 Å². The van der Waals surface area contributed by atoms with Gasteiger partial charge in [-0.15, -0.1) is 11.3 Å². The molecule has 20 heavy (non-hydrogen) atoms. The van der Waals surface area contributed by atoms with Crippen LogP contribution in [0.3, 0.4) is 0 Å². The fourth-order valence-electron chi connectivity index (χ4n) is 1.67. The molecule has 0 saturated carbocycles. The predicted octanol–water partition coefficient (Wildman–Crippen LogP) is 1.07. The van der Waals surface area contributed by atoms with E-state index in [9.17, 15) is 8.42 Å². The van der Waals surface area contributed by atoms with Crippen LogP contribution in [0.4, 0.5) is 0 Å². The van der Waals surface area contributed by atoms with Crippen molar-refractivity contribution in [2.45, 2.75) is 24.9 Å². The Bertz CT molecular complexity index is 661. The lowest BCUT2D eigenvalue weighted by atomic mass is 10.4. The monoisotopic (exact) mass is 314 g/mol. The molecular formula is C12H18N4O2S2. The fourth-order valence-corrected chi connectivity index (χ4v) is 3.91. The molecule has 2 aromatic heterocycles. The Balaban J connectivity index is 2.03. The zero-order valence-electron chi connectivity index (χ0n) is 11.5. The Labute approximate surface area is 122 Å². The molecule has 0 bridgehead atoms.